The van der Waals surface area contributed by atoms with Crippen LogP contribution < -0.4 is 15.2 Å². The van der Waals surface area contributed by atoms with E-state index in [1.54, 1.807) is 12.1 Å². The lowest BCUT2D eigenvalue weighted by Gasteiger charge is -2.24. The number of halogens is 2. The smallest absolute Gasteiger partial charge is 0.244 e. The van der Waals surface area contributed by atoms with E-state index in [0.717, 1.165) is 27.9 Å². The van der Waals surface area contributed by atoms with Gasteiger partial charge in [0, 0.05) is 15.6 Å². The first-order valence-electron chi connectivity index (χ1n) is 10.4. The van der Waals surface area contributed by atoms with Gasteiger partial charge in [0.05, 0.1) is 17.2 Å². The van der Waals surface area contributed by atoms with Crippen molar-refractivity contribution in [3.63, 3.8) is 0 Å². The van der Waals surface area contributed by atoms with E-state index in [2.05, 4.69) is 16.3 Å². The van der Waals surface area contributed by atoms with Gasteiger partial charge in [0.1, 0.15) is 24.0 Å². The summed E-state index contributed by atoms with van der Waals surface area (Å²) in [6.07, 6.45) is 0. The van der Waals surface area contributed by atoms with Crippen molar-refractivity contribution in [3.8, 4) is 29.0 Å². The van der Waals surface area contributed by atoms with Crippen LogP contribution in [0.15, 0.2) is 84.3 Å². The molecule has 1 aromatic heterocycles. The highest BCUT2D eigenvalue weighted by Gasteiger charge is 2.35. The van der Waals surface area contributed by atoms with Gasteiger partial charge in [-0.25, -0.2) is 0 Å². The van der Waals surface area contributed by atoms with Crippen molar-refractivity contribution in [2.45, 2.75) is 12.5 Å². The summed E-state index contributed by atoms with van der Waals surface area (Å²) in [4.78, 5) is 0. The van der Waals surface area contributed by atoms with E-state index < -0.39 is 5.92 Å². The van der Waals surface area contributed by atoms with Gasteiger partial charge < -0.3 is 15.2 Å². The van der Waals surface area contributed by atoms with E-state index in [9.17, 15) is 5.26 Å². The molecule has 168 valence electrons. The number of benzene rings is 3. The number of aromatic amines is 1. The minimum absolute atomic E-state index is 0.0391. The topological polar surface area (TPSA) is 97.0 Å². The van der Waals surface area contributed by atoms with Gasteiger partial charge in [0.2, 0.25) is 11.8 Å². The fourth-order valence-corrected chi connectivity index (χ4v) is 4.17. The molecule has 3 aromatic carbocycles. The summed E-state index contributed by atoms with van der Waals surface area (Å²) in [5, 5.41) is 18.5. The normalized spacial score (nSPS) is 14.8. The molecule has 1 aliphatic heterocycles. The van der Waals surface area contributed by atoms with Gasteiger partial charge in [-0.15, -0.1) is 5.10 Å². The van der Waals surface area contributed by atoms with Crippen molar-refractivity contribution < 1.29 is 9.47 Å². The third kappa shape index (κ3) is 4.19. The van der Waals surface area contributed by atoms with Gasteiger partial charge in [0.25, 0.3) is 0 Å². The Balaban J connectivity index is 1.48. The van der Waals surface area contributed by atoms with Crippen molar-refractivity contribution in [3.05, 3.63) is 111 Å². The molecule has 1 atom stereocenters. The van der Waals surface area contributed by atoms with Crippen LogP contribution in [-0.4, -0.2) is 10.2 Å². The van der Waals surface area contributed by atoms with Crippen molar-refractivity contribution in [2.24, 2.45) is 5.73 Å². The van der Waals surface area contributed by atoms with E-state index in [1.165, 1.54) is 0 Å². The number of nitrogens with two attached hydrogens (primary N) is 1. The highest BCUT2D eigenvalue weighted by atomic mass is 35.5. The Labute approximate surface area is 206 Å². The summed E-state index contributed by atoms with van der Waals surface area (Å²) in [5.74, 6) is 0.627. The van der Waals surface area contributed by atoms with Crippen molar-refractivity contribution in [1.29, 1.82) is 5.26 Å². The predicted molar refractivity (Wildman–Crippen MR) is 131 cm³/mol. The zero-order valence-corrected chi connectivity index (χ0v) is 19.3. The Bertz CT molecular complexity index is 1400. The minimum atomic E-state index is -0.455. The van der Waals surface area contributed by atoms with Crippen molar-refractivity contribution in [1.82, 2.24) is 10.2 Å². The molecule has 0 fully saturated rings. The molecular formula is C26H18Cl2N4O2. The molecule has 3 N–H and O–H groups in total. The Morgan fingerprint density at radius 2 is 1.62 bits per heavy atom. The monoisotopic (exact) mass is 488 g/mol. The summed E-state index contributed by atoms with van der Waals surface area (Å²) in [5.41, 5.74) is 10.6. The molecular weight excluding hydrogens is 471 g/mol. The summed E-state index contributed by atoms with van der Waals surface area (Å²) in [6.45, 7) is 0.413. The summed E-state index contributed by atoms with van der Waals surface area (Å²) >= 11 is 12.0. The van der Waals surface area contributed by atoms with Crippen LogP contribution >= 0.6 is 23.2 Å². The van der Waals surface area contributed by atoms with Crippen LogP contribution in [-0.2, 0) is 6.61 Å². The molecule has 0 aliphatic carbocycles. The largest absolute Gasteiger partial charge is 0.489 e. The van der Waals surface area contributed by atoms with E-state index in [-0.39, 0.29) is 5.88 Å². The molecule has 4 aromatic rings. The summed E-state index contributed by atoms with van der Waals surface area (Å²) in [6, 6.07) is 24.6. The van der Waals surface area contributed by atoms with Crippen LogP contribution in [0.25, 0.3) is 11.3 Å². The van der Waals surface area contributed by atoms with Crippen molar-refractivity contribution >= 4 is 23.2 Å². The number of nitrogens with zero attached hydrogens (tertiary/aromatic N) is 2. The molecule has 0 radical (unpaired) electrons. The average Bonchev–Trinajstić information content (AvgIpc) is 3.27. The number of fused-ring (bicyclic) bond motifs is 1. The molecule has 0 bridgehead atoms. The first-order chi connectivity index (χ1) is 16.5. The Hall–Kier alpha value is -3.92. The molecule has 1 unspecified atom stereocenters. The lowest BCUT2D eigenvalue weighted by atomic mass is 9.83. The van der Waals surface area contributed by atoms with E-state index in [0.29, 0.717) is 33.9 Å². The number of H-pyrrole nitrogens is 1. The van der Waals surface area contributed by atoms with Crippen LogP contribution in [0.4, 0.5) is 0 Å². The fourth-order valence-electron chi connectivity index (χ4n) is 3.92. The van der Waals surface area contributed by atoms with Gasteiger partial charge >= 0.3 is 0 Å². The molecule has 6 nitrogen and oxygen atoms in total. The van der Waals surface area contributed by atoms with Gasteiger partial charge in [-0.3, -0.25) is 5.10 Å². The van der Waals surface area contributed by atoms with Gasteiger partial charge in [0.15, 0.2) is 0 Å². The molecule has 0 saturated carbocycles. The number of nitrogens with one attached hydrogen (secondary N) is 1. The first-order valence-corrected chi connectivity index (χ1v) is 11.2. The van der Waals surface area contributed by atoms with E-state index in [1.807, 2.05) is 60.7 Å². The Morgan fingerprint density at radius 3 is 2.26 bits per heavy atom. The standard InChI is InChI=1S/C26H18Cl2N4O2/c27-18-7-1-15(2-8-18)14-33-20-11-5-16(6-12-20)22-21(13-29)25(30)34-26-23(22)24(31-32-26)17-3-9-19(28)10-4-17/h1-12,22H,14,30H2,(H,31,32). The second-order valence-electron chi connectivity index (χ2n) is 7.73. The number of ether oxygens (including phenoxy) is 2. The molecule has 5 rings (SSSR count). The maximum Gasteiger partial charge on any atom is 0.244 e. The predicted octanol–water partition coefficient (Wildman–Crippen LogP) is 6.18. The minimum Gasteiger partial charge on any atom is -0.489 e. The average molecular weight is 489 g/mol. The Morgan fingerprint density at radius 1 is 0.971 bits per heavy atom. The zero-order valence-electron chi connectivity index (χ0n) is 17.8. The number of hydrogen-bond acceptors (Lipinski definition) is 5. The third-order valence-electron chi connectivity index (χ3n) is 5.60. The maximum atomic E-state index is 9.89. The number of rotatable bonds is 5. The van der Waals surface area contributed by atoms with Gasteiger partial charge in [-0.2, -0.15) is 5.26 Å². The van der Waals surface area contributed by atoms with E-state index in [4.69, 9.17) is 38.4 Å². The van der Waals surface area contributed by atoms with Gasteiger partial charge in [-0.1, -0.05) is 59.6 Å². The number of allylic oxidation sites excluding steroid dienone is 1. The highest BCUT2D eigenvalue weighted by molar-refractivity contribution is 6.30. The molecule has 0 saturated heterocycles. The molecule has 8 heteroatoms. The number of hydrogen-bond donors (Lipinski definition) is 2. The van der Waals surface area contributed by atoms with Crippen LogP contribution in [0.2, 0.25) is 10.0 Å². The second-order valence-corrected chi connectivity index (χ2v) is 8.61. The second kappa shape index (κ2) is 9.14. The lowest BCUT2D eigenvalue weighted by molar-refractivity contribution is 0.306. The summed E-state index contributed by atoms with van der Waals surface area (Å²) in [7, 11) is 0. The lowest BCUT2D eigenvalue weighted by Crippen LogP contribution is -2.21. The maximum absolute atomic E-state index is 9.89. The number of aromatic nitrogens is 2. The SMILES string of the molecule is N#CC1=C(N)Oc2n[nH]c(-c3ccc(Cl)cc3)c2C1c1ccc(OCc2ccc(Cl)cc2)cc1. The summed E-state index contributed by atoms with van der Waals surface area (Å²) < 4.78 is 11.6. The van der Waals surface area contributed by atoms with Crippen LogP contribution in [0.5, 0.6) is 11.6 Å². The van der Waals surface area contributed by atoms with Crippen LogP contribution in [0.3, 0.4) is 0 Å². The quantitative estimate of drug-likeness (QED) is 0.349. The van der Waals surface area contributed by atoms with Crippen molar-refractivity contribution in [2.75, 3.05) is 0 Å². The zero-order chi connectivity index (χ0) is 23.7. The molecule has 2 heterocycles. The van der Waals surface area contributed by atoms with Crippen LogP contribution in [0, 0.1) is 11.3 Å². The van der Waals surface area contributed by atoms with E-state index >= 15 is 0 Å². The molecule has 0 amide bonds. The van der Waals surface area contributed by atoms with Gasteiger partial charge in [-0.05, 0) is 47.5 Å². The third-order valence-corrected chi connectivity index (χ3v) is 6.11. The Kier molecular flexibility index (Phi) is 5.89. The molecule has 1 aliphatic rings. The number of nitriles is 1. The molecule has 0 spiro atoms. The highest BCUT2D eigenvalue weighted by Crippen LogP contribution is 2.45. The van der Waals surface area contributed by atoms with Crippen LogP contribution in [0.1, 0.15) is 22.6 Å². The fraction of sp³-hybridized carbons (Fsp3) is 0.0769. The molecule has 34 heavy (non-hydrogen) atoms. The first kappa shape index (κ1) is 21.9.